The number of nitrogens with one attached hydrogen (secondary N) is 2. The highest BCUT2D eigenvalue weighted by molar-refractivity contribution is 5.91. The summed E-state index contributed by atoms with van der Waals surface area (Å²) in [7, 11) is 2.88. The first-order valence-corrected chi connectivity index (χ1v) is 8.00. The number of non-ortho nitro benzene ring substituents is 1. The maximum Gasteiger partial charge on any atom is 0.330 e. The third-order valence-electron chi connectivity index (χ3n) is 3.72. The Labute approximate surface area is 153 Å². The number of nitro groups is 1. The SMILES string of the molecule is Cn1cc(/C=C/C(=O)NCCNc2ccc([N+](=O)[O-])cc2)c(=O)n(C)c1=O. The van der Waals surface area contributed by atoms with Gasteiger partial charge in [-0.3, -0.25) is 24.3 Å². The quantitative estimate of drug-likeness (QED) is 0.309. The van der Waals surface area contributed by atoms with E-state index in [9.17, 15) is 24.5 Å². The number of aromatic nitrogens is 2. The molecule has 0 aliphatic rings. The number of carbonyl (C=O) groups excluding carboxylic acids is 1. The van der Waals surface area contributed by atoms with Gasteiger partial charge in [0.2, 0.25) is 5.91 Å². The van der Waals surface area contributed by atoms with E-state index in [-0.39, 0.29) is 11.3 Å². The van der Waals surface area contributed by atoms with Gasteiger partial charge in [0.15, 0.2) is 0 Å². The van der Waals surface area contributed by atoms with Crippen LogP contribution < -0.4 is 21.9 Å². The first-order chi connectivity index (χ1) is 12.8. The van der Waals surface area contributed by atoms with Crippen molar-refractivity contribution in [1.82, 2.24) is 14.5 Å². The molecule has 2 N–H and O–H groups in total. The topological polar surface area (TPSA) is 128 Å². The molecule has 0 radical (unpaired) electrons. The predicted octanol–water partition coefficient (Wildman–Crippen LogP) is 0.234. The summed E-state index contributed by atoms with van der Waals surface area (Å²) in [5.74, 6) is -0.392. The summed E-state index contributed by atoms with van der Waals surface area (Å²) in [6, 6.07) is 5.93. The molecule has 10 nitrogen and oxygen atoms in total. The average molecular weight is 373 g/mol. The molecule has 1 aromatic heterocycles. The first-order valence-electron chi connectivity index (χ1n) is 8.00. The van der Waals surface area contributed by atoms with E-state index in [0.717, 1.165) is 4.57 Å². The number of amides is 1. The van der Waals surface area contributed by atoms with Gasteiger partial charge in [0.1, 0.15) is 0 Å². The molecule has 0 spiro atoms. The van der Waals surface area contributed by atoms with Crippen molar-refractivity contribution < 1.29 is 9.72 Å². The molecule has 0 aliphatic heterocycles. The summed E-state index contributed by atoms with van der Waals surface area (Å²) >= 11 is 0. The van der Waals surface area contributed by atoms with E-state index in [2.05, 4.69) is 10.6 Å². The Hall–Kier alpha value is -3.69. The van der Waals surface area contributed by atoms with Gasteiger partial charge in [0.25, 0.3) is 11.2 Å². The zero-order valence-electron chi connectivity index (χ0n) is 14.8. The van der Waals surface area contributed by atoms with Crippen LogP contribution in [0.15, 0.2) is 46.1 Å². The number of aryl methyl sites for hydroxylation is 1. The lowest BCUT2D eigenvalue weighted by Gasteiger charge is -2.06. The molecule has 0 saturated heterocycles. The first kappa shape index (κ1) is 19.6. The minimum absolute atomic E-state index is 0.00328. The highest BCUT2D eigenvalue weighted by Gasteiger charge is 2.05. The molecular formula is C17H19N5O5. The van der Waals surface area contributed by atoms with Crippen LogP contribution in [0.2, 0.25) is 0 Å². The number of nitrogens with zero attached hydrogens (tertiary/aromatic N) is 3. The lowest BCUT2D eigenvalue weighted by atomic mass is 10.3. The normalized spacial score (nSPS) is 10.7. The summed E-state index contributed by atoms with van der Waals surface area (Å²) in [5.41, 5.74) is -0.0118. The molecule has 1 aromatic carbocycles. The molecule has 0 saturated carbocycles. The highest BCUT2D eigenvalue weighted by atomic mass is 16.6. The number of hydrogen-bond donors (Lipinski definition) is 2. The number of rotatable bonds is 7. The summed E-state index contributed by atoms with van der Waals surface area (Å²) in [6.45, 7) is 0.727. The summed E-state index contributed by atoms with van der Waals surface area (Å²) in [5, 5.41) is 16.2. The van der Waals surface area contributed by atoms with Gasteiger partial charge in [-0.25, -0.2) is 4.79 Å². The van der Waals surface area contributed by atoms with Crippen molar-refractivity contribution in [3.05, 3.63) is 73.1 Å². The fourth-order valence-electron chi connectivity index (χ4n) is 2.27. The van der Waals surface area contributed by atoms with Crippen molar-refractivity contribution in [3.63, 3.8) is 0 Å². The molecule has 0 atom stereocenters. The second-order valence-corrected chi connectivity index (χ2v) is 5.70. The van der Waals surface area contributed by atoms with E-state index >= 15 is 0 Å². The largest absolute Gasteiger partial charge is 0.383 e. The standard InChI is InChI=1S/C17H19N5O5/c1-20-11-12(16(24)21(2)17(20)25)3-8-15(23)19-10-9-18-13-4-6-14(7-5-13)22(26)27/h3-8,11,18H,9-10H2,1-2H3,(H,19,23)/b8-3+. The number of benzene rings is 1. The van der Waals surface area contributed by atoms with Crippen LogP contribution in [-0.4, -0.2) is 33.1 Å². The molecule has 1 heterocycles. The molecule has 2 rings (SSSR count). The van der Waals surface area contributed by atoms with Crippen LogP contribution in [0, 0.1) is 10.1 Å². The smallest absolute Gasteiger partial charge is 0.330 e. The van der Waals surface area contributed by atoms with Crippen LogP contribution in [0.4, 0.5) is 11.4 Å². The van der Waals surface area contributed by atoms with Gasteiger partial charge in [-0.2, -0.15) is 0 Å². The number of carbonyl (C=O) groups is 1. The maximum absolute atomic E-state index is 12.0. The van der Waals surface area contributed by atoms with Gasteiger partial charge >= 0.3 is 5.69 Å². The van der Waals surface area contributed by atoms with Gasteiger partial charge in [-0.15, -0.1) is 0 Å². The van der Waals surface area contributed by atoms with Crippen molar-refractivity contribution in [2.75, 3.05) is 18.4 Å². The van der Waals surface area contributed by atoms with E-state index in [1.165, 1.54) is 49.1 Å². The van der Waals surface area contributed by atoms with Crippen LogP contribution in [0.25, 0.3) is 6.08 Å². The number of hydrogen-bond acceptors (Lipinski definition) is 6. The zero-order valence-corrected chi connectivity index (χ0v) is 14.8. The summed E-state index contributed by atoms with van der Waals surface area (Å²) in [4.78, 5) is 45.5. The van der Waals surface area contributed by atoms with Crippen LogP contribution >= 0.6 is 0 Å². The Morgan fingerprint density at radius 2 is 1.85 bits per heavy atom. The van der Waals surface area contributed by atoms with Gasteiger partial charge in [0, 0.05) is 57.3 Å². The minimum atomic E-state index is -0.484. The second kappa shape index (κ2) is 8.61. The maximum atomic E-state index is 12.0. The van der Waals surface area contributed by atoms with Crippen molar-refractivity contribution in [2.24, 2.45) is 14.1 Å². The second-order valence-electron chi connectivity index (χ2n) is 5.70. The third-order valence-corrected chi connectivity index (χ3v) is 3.72. The molecule has 0 unspecified atom stereocenters. The Bertz CT molecular complexity index is 988. The monoisotopic (exact) mass is 373 g/mol. The Morgan fingerprint density at radius 3 is 2.48 bits per heavy atom. The van der Waals surface area contributed by atoms with E-state index in [0.29, 0.717) is 18.8 Å². The van der Waals surface area contributed by atoms with Crippen molar-refractivity contribution in [1.29, 1.82) is 0 Å². The predicted molar refractivity (Wildman–Crippen MR) is 101 cm³/mol. The minimum Gasteiger partial charge on any atom is -0.383 e. The Balaban J connectivity index is 1.84. The van der Waals surface area contributed by atoms with Crippen LogP contribution in [-0.2, 0) is 18.9 Å². The van der Waals surface area contributed by atoms with Gasteiger partial charge in [-0.05, 0) is 18.2 Å². The van der Waals surface area contributed by atoms with Gasteiger partial charge in [0.05, 0.1) is 10.5 Å². The van der Waals surface area contributed by atoms with Crippen LogP contribution in [0.1, 0.15) is 5.56 Å². The molecule has 1 amide bonds. The van der Waals surface area contributed by atoms with Gasteiger partial charge in [-0.1, -0.05) is 0 Å². The summed E-state index contributed by atoms with van der Waals surface area (Å²) in [6.07, 6.45) is 3.93. The zero-order chi connectivity index (χ0) is 20.0. The lowest BCUT2D eigenvalue weighted by molar-refractivity contribution is -0.384. The molecule has 0 fully saturated rings. The molecule has 27 heavy (non-hydrogen) atoms. The van der Waals surface area contributed by atoms with Crippen LogP contribution in [0.3, 0.4) is 0 Å². The van der Waals surface area contributed by atoms with E-state index in [1.807, 2.05) is 0 Å². The Kier molecular flexibility index (Phi) is 6.26. The third kappa shape index (κ3) is 5.14. The molecule has 10 heteroatoms. The van der Waals surface area contributed by atoms with E-state index in [4.69, 9.17) is 0 Å². The number of anilines is 1. The fourth-order valence-corrected chi connectivity index (χ4v) is 2.27. The highest BCUT2D eigenvalue weighted by Crippen LogP contribution is 2.14. The molecule has 0 aliphatic carbocycles. The Morgan fingerprint density at radius 1 is 1.19 bits per heavy atom. The fraction of sp³-hybridized carbons (Fsp3) is 0.235. The van der Waals surface area contributed by atoms with Gasteiger partial charge < -0.3 is 15.2 Å². The average Bonchev–Trinajstić information content (AvgIpc) is 2.65. The van der Waals surface area contributed by atoms with Crippen molar-refractivity contribution in [2.45, 2.75) is 0 Å². The van der Waals surface area contributed by atoms with Crippen molar-refractivity contribution in [3.8, 4) is 0 Å². The molecular weight excluding hydrogens is 354 g/mol. The molecule has 142 valence electrons. The molecule has 2 aromatic rings. The van der Waals surface area contributed by atoms with Crippen molar-refractivity contribution >= 4 is 23.4 Å². The van der Waals surface area contributed by atoms with E-state index < -0.39 is 22.1 Å². The van der Waals surface area contributed by atoms with E-state index in [1.54, 1.807) is 12.1 Å². The number of nitro benzene ring substituents is 1. The molecule has 0 bridgehead atoms. The summed E-state index contributed by atoms with van der Waals surface area (Å²) < 4.78 is 2.22. The lowest BCUT2D eigenvalue weighted by Crippen LogP contribution is -2.37. The van der Waals surface area contributed by atoms with Crippen LogP contribution in [0.5, 0.6) is 0 Å².